The van der Waals surface area contributed by atoms with Crippen molar-refractivity contribution >= 4 is 5.91 Å². The average Bonchev–Trinajstić information content (AvgIpc) is 2.47. The number of hydrogen-bond acceptors (Lipinski definition) is 3. The summed E-state index contributed by atoms with van der Waals surface area (Å²) in [6, 6.07) is 3.98. The summed E-state index contributed by atoms with van der Waals surface area (Å²) in [5.74, 6) is -0.829. The maximum atomic E-state index is 13.7. The molecule has 0 saturated heterocycles. The van der Waals surface area contributed by atoms with Gasteiger partial charge in [-0.05, 0) is 49.5 Å². The van der Waals surface area contributed by atoms with E-state index >= 15 is 0 Å². The molecule has 0 radical (unpaired) electrons. The summed E-state index contributed by atoms with van der Waals surface area (Å²) in [6.45, 7) is 0.367. The Morgan fingerprint density at radius 1 is 1.40 bits per heavy atom. The molecule has 0 bridgehead atoms. The van der Waals surface area contributed by atoms with Crippen LogP contribution >= 0.6 is 0 Å². The predicted molar refractivity (Wildman–Crippen MR) is 72.9 cm³/mol. The molecule has 0 unspecified atom stereocenters. The Hall–Kier alpha value is -1.88. The molecule has 0 aliphatic heterocycles. The Labute approximate surface area is 117 Å². The highest BCUT2D eigenvalue weighted by atomic mass is 19.1. The van der Waals surface area contributed by atoms with Gasteiger partial charge in [0.1, 0.15) is 6.61 Å². The third-order valence-electron chi connectivity index (χ3n) is 3.19. The zero-order valence-corrected chi connectivity index (χ0v) is 11.4. The molecule has 0 spiro atoms. The van der Waals surface area contributed by atoms with Gasteiger partial charge in [0.05, 0.1) is 7.11 Å². The zero-order valence-electron chi connectivity index (χ0n) is 11.4. The second-order valence-electron chi connectivity index (χ2n) is 4.68. The molecule has 1 aromatic carbocycles. The van der Waals surface area contributed by atoms with E-state index in [0.29, 0.717) is 12.2 Å². The number of rotatable bonds is 5. The molecule has 1 aliphatic rings. The standard InChI is InChI=1S/C15H18FNO3/c1-19-17-15(18)12-7-8-13(16)14(9-12)20-10-11-5-3-2-4-6-11/h5,7-9H,2-4,6,10H2,1H3,(H,17,18). The van der Waals surface area contributed by atoms with Crippen LogP contribution in [0.4, 0.5) is 4.39 Å². The van der Waals surface area contributed by atoms with Crippen LogP contribution in [0.1, 0.15) is 36.0 Å². The minimum absolute atomic E-state index is 0.0835. The molecule has 5 heteroatoms. The van der Waals surface area contributed by atoms with Crippen LogP contribution in [0.3, 0.4) is 0 Å². The molecule has 0 heterocycles. The van der Waals surface area contributed by atoms with Crippen molar-refractivity contribution in [2.75, 3.05) is 13.7 Å². The van der Waals surface area contributed by atoms with E-state index in [2.05, 4.69) is 16.4 Å². The first-order valence-electron chi connectivity index (χ1n) is 6.64. The lowest BCUT2D eigenvalue weighted by atomic mass is 10.0. The smallest absolute Gasteiger partial charge is 0.274 e. The van der Waals surface area contributed by atoms with Gasteiger partial charge >= 0.3 is 0 Å². The lowest BCUT2D eigenvalue weighted by molar-refractivity contribution is 0.0537. The number of halogens is 1. The van der Waals surface area contributed by atoms with Gasteiger partial charge in [0.2, 0.25) is 0 Å². The van der Waals surface area contributed by atoms with Crippen molar-refractivity contribution in [3.05, 3.63) is 41.2 Å². The first-order chi connectivity index (χ1) is 9.70. The van der Waals surface area contributed by atoms with Crippen LogP contribution < -0.4 is 10.2 Å². The van der Waals surface area contributed by atoms with Gasteiger partial charge in [0, 0.05) is 5.56 Å². The third-order valence-corrected chi connectivity index (χ3v) is 3.19. The minimum atomic E-state index is -0.477. The molecule has 1 aliphatic carbocycles. The van der Waals surface area contributed by atoms with Crippen molar-refractivity contribution < 1.29 is 18.8 Å². The summed E-state index contributed by atoms with van der Waals surface area (Å²) < 4.78 is 19.1. The van der Waals surface area contributed by atoms with E-state index in [1.165, 1.54) is 37.3 Å². The summed E-state index contributed by atoms with van der Waals surface area (Å²) in [5.41, 5.74) is 3.66. The first kappa shape index (κ1) is 14.5. The Morgan fingerprint density at radius 2 is 2.25 bits per heavy atom. The lowest BCUT2D eigenvalue weighted by Gasteiger charge is -2.14. The average molecular weight is 279 g/mol. The molecule has 2 rings (SSSR count). The molecule has 1 aromatic rings. The first-order valence-corrected chi connectivity index (χ1v) is 6.64. The Kier molecular flexibility index (Phi) is 5.12. The lowest BCUT2D eigenvalue weighted by Crippen LogP contribution is -2.21. The monoisotopic (exact) mass is 279 g/mol. The highest BCUT2D eigenvalue weighted by Gasteiger charge is 2.12. The fourth-order valence-electron chi connectivity index (χ4n) is 2.11. The van der Waals surface area contributed by atoms with Crippen LogP contribution in [0.15, 0.2) is 29.8 Å². The van der Waals surface area contributed by atoms with Gasteiger partial charge in [-0.15, -0.1) is 0 Å². The van der Waals surface area contributed by atoms with E-state index in [1.54, 1.807) is 0 Å². The number of carbonyl (C=O) groups excluding carboxylic acids is 1. The molecular weight excluding hydrogens is 261 g/mol. The van der Waals surface area contributed by atoms with Gasteiger partial charge in [-0.1, -0.05) is 6.08 Å². The molecule has 0 aromatic heterocycles. The van der Waals surface area contributed by atoms with E-state index in [4.69, 9.17) is 4.74 Å². The van der Waals surface area contributed by atoms with Crippen molar-refractivity contribution in [2.24, 2.45) is 0 Å². The van der Waals surface area contributed by atoms with Gasteiger partial charge < -0.3 is 4.74 Å². The quantitative estimate of drug-likeness (QED) is 0.666. The molecule has 108 valence electrons. The van der Waals surface area contributed by atoms with Crippen molar-refractivity contribution in [3.63, 3.8) is 0 Å². The van der Waals surface area contributed by atoms with Crippen LogP contribution in [0.5, 0.6) is 5.75 Å². The molecule has 0 fully saturated rings. The number of amides is 1. The summed E-state index contributed by atoms with van der Waals surface area (Å²) in [4.78, 5) is 16.1. The number of carbonyl (C=O) groups is 1. The summed E-state index contributed by atoms with van der Waals surface area (Å²) in [5, 5.41) is 0. The molecule has 20 heavy (non-hydrogen) atoms. The summed E-state index contributed by atoms with van der Waals surface area (Å²) in [7, 11) is 1.34. The predicted octanol–water partition coefficient (Wildman–Crippen LogP) is 3.00. The SMILES string of the molecule is CONC(=O)c1ccc(F)c(OCC2=CCCCC2)c1. The molecular formula is C15H18FNO3. The number of nitrogens with one attached hydrogen (secondary N) is 1. The van der Waals surface area contributed by atoms with Crippen molar-refractivity contribution in [1.82, 2.24) is 5.48 Å². The number of hydroxylamine groups is 1. The van der Waals surface area contributed by atoms with Crippen LogP contribution in [-0.2, 0) is 4.84 Å². The Morgan fingerprint density at radius 3 is 2.95 bits per heavy atom. The van der Waals surface area contributed by atoms with E-state index in [9.17, 15) is 9.18 Å². The minimum Gasteiger partial charge on any atom is -0.486 e. The maximum absolute atomic E-state index is 13.7. The van der Waals surface area contributed by atoms with Gasteiger partial charge in [0.25, 0.3) is 5.91 Å². The highest BCUT2D eigenvalue weighted by molar-refractivity contribution is 5.93. The van der Waals surface area contributed by atoms with E-state index in [0.717, 1.165) is 19.3 Å². The van der Waals surface area contributed by atoms with Gasteiger partial charge in [-0.3, -0.25) is 9.63 Å². The van der Waals surface area contributed by atoms with Crippen LogP contribution in [0, 0.1) is 5.82 Å². The summed E-state index contributed by atoms with van der Waals surface area (Å²) >= 11 is 0. The zero-order chi connectivity index (χ0) is 14.4. The number of hydrogen-bond donors (Lipinski definition) is 1. The Bertz CT molecular complexity index is 514. The van der Waals surface area contributed by atoms with Crippen molar-refractivity contribution in [2.45, 2.75) is 25.7 Å². The van der Waals surface area contributed by atoms with Crippen molar-refractivity contribution in [3.8, 4) is 5.75 Å². The molecule has 1 N–H and O–H groups in total. The fourth-order valence-corrected chi connectivity index (χ4v) is 2.11. The van der Waals surface area contributed by atoms with E-state index in [-0.39, 0.29) is 5.75 Å². The largest absolute Gasteiger partial charge is 0.486 e. The van der Waals surface area contributed by atoms with Crippen LogP contribution in [-0.4, -0.2) is 19.6 Å². The highest BCUT2D eigenvalue weighted by Crippen LogP contribution is 2.22. The fraction of sp³-hybridized carbons (Fsp3) is 0.400. The molecule has 0 saturated carbocycles. The number of benzene rings is 1. The third kappa shape index (κ3) is 3.81. The molecule has 0 atom stereocenters. The Balaban J connectivity index is 2.04. The molecule has 4 nitrogen and oxygen atoms in total. The normalized spacial score (nSPS) is 14.6. The summed E-state index contributed by atoms with van der Waals surface area (Å²) in [6.07, 6.45) is 6.53. The van der Waals surface area contributed by atoms with E-state index in [1.807, 2.05) is 0 Å². The van der Waals surface area contributed by atoms with Gasteiger partial charge in [-0.25, -0.2) is 9.87 Å². The van der Waals surface area contributed by atoms with Gasteiger partial charge in [0.15, 0.2) is 11.6 Å². The number of allylic oxidation sites excluding steroid dienone is 1. The second kappa shape index (κ2) is 7.05. The van der Waals surface area contributed by atoms with Crippen LogP contribution in [0.2, 0.25) is 0 Å². The van der Waals surface area contributed by atoms with E-state index < -0.39 is 11.7 Å². The maximum Gasteiger partial charge on any atom is 0.274 e. The number of ether oxygens (including phenoxy) is 1. The topological polar surface area (TPSA) is 47.6 Å². The van der Waals surface area contributed by atoms with Gasteiger partial charge in [-0.2, -0.15) is 0 Å². The molecule has 1 amide bonds. The van der Waals surface area contributed by atoms with Crippen molar-refractivity contribution in [1.29, 1.82) is 0 Å². The second-order valence-corrected chi connectivity index (χ2v) is 4.68. The van der Waals surface area contributed by atoms with Crippen LogP contribution in [0.25, 0.3) is 0 Å².